The number of aryl methyl sites for hydroxylation is 2. The molecule has 0 amide bonds. The van der Waals surface area contributed by atoms with E-state index >= 15 is 0 Å². The molecule has 0 radical (unpaired) electrons. The standard InChI is InChI=1S/C21H19N5O2/c1-4-17-8-10-22-20(24-17)26-18-12-15(5-6-16(18)13-23-26)7-9-21(3,27)19-11-14(2)28-25-19/h5-6,8,10-13,27H,4H2,1-3H3. The van der Waals surface area contributed by atoms with Gasteiger partial charge in [-0.3, -0.25) is 0 Å². The van der Waals surface area contributed by atoms with E-state index in [1.807, 2.05) is 31.2 Å². The third-order valence-corrected chi connectivity index (χ3v) is 4.40. The summed E-state index contributed by atoms with van der Waals surface area (Å²) in [4.78, 5) is 8.87. The fourth-order valence-corrected chi connectivity index (χ4v) is 2.79. The molecule has 0 bridgehead atoms. The maximum atomic E-state index is 10.6. The van der Waals surface area contributed by atoms with Crippen molar-refractivity contribution < 1.29 is 9.63 Å². The van der Waals surface area contributed by atoms with Crippen LogP contribution in [0.15, 0.2) is 47.2 Å². The maximum Gasteiger partial charge on any atom is 0.251 e. The first-order valence-electron chi connectivity index (χ1n) is 8.96. The average molecular weight is 373 g/mol. The van der Waals surface area contributed by atoms with Gasteiger partial charge in [-0.2, -0.15) is 9.78 Å². The molecule has 0 saturated heterocycles. The van der Waals surface area contributed by atoms with Crippen molar-refractivity contribution in [1.29, 1.82) is 0 Å². The lowest BCUT2D eigenvalue weighted by Crippen LogP contribution is -2.18. The van der Waals surface area contributed by atoms with Gasteiger partial charge in [0.05, 0.1) is 11.7 Å². The molecule has 1 atom stereocenters. The highest BCUT2D eigenvalue weighted by molar-refractivity contribution is 5.81. The van der Waals surface area contributed by atoms with Crippen LogP contribution in [0.25, 0.3) is 16.9 Å². The molecule has 0 aliphatic rings. The second-order valence-corrected chi connectivity index (χ2v) is 6.68. The van der Waals surface area contributed by atoms with Gasteiger partial charge in [-0.25, -0.2) is 9.97 Å². The van der Waals surface area contributed by atoms with E-state index in [4.69, 9.17) is 4.52 Å². The maximum absolute atomic E-state index is 10.6. The molecule has 3 aromatic heterocycles. The molecule has 1 N–H and O–H groups in total. The third kappa shape index (κ3) is 3.38. The van der Waals surface area contributed by atoms with Crippen LogP contribution in [0.1, 0.15) is 36.6 Å². The summed E-state index contributed by atoms with van der Waals surface area (Å²) < 4.78 is 6.72. The van der Waals surface area contributed by atoms with Crippen LogP contribution < -0.4 is 0 Å². The summed E-state index contributed by atoms with van der Waals surface area (Å²) >= 11 is 0. The predicted molar refractivity (Wildman–Crippen MR) is 104 cm³/mol. The minimum absolute atomic E-state index is 0.383. The number of nitrogens with zero attached hydrogens (tertiary/aromatic N) is 5. The molecule has 0 fully saturated rings. The first-order chi connectivity index (χ1) is 13.5. The molecule has 7 heteroatoms. The zero-order valence-corrected chi connectivity index (χ0v) is 15.8. The fourth-order valence-electron chi connectivity index (χ4n) is 2.79. The van der Waals surface area contributed by atoms with Crippen molar-refractivity contribution in [1.82, 2.24) is 24.9 Å². The van der Waals surface area contributed by atoms with Crippen LogP contribution in [-0.2, 0) is 12.0 Å². The molecule has 0 saturated carbocycles. The minimum Gasteiger partial charge on any atom is -0.372 e. The van der Waals surface area contributed by atoms with Gasteiger partial charge in [-0.05, 0) is 44.5 Å². The SMILES string of the molecule is CCc1ccnc(-n2ncc3ccc(C#CC(C)(O)c4cc(C)on4)cc32)n1. The molecule has 1 aromatic carbocycles. The summed E-state index contributed by atoms with van der Waals surface area (Å²) in [5, 5.41) is 19.8. The molecule has 3 heterocycles. The van der Waals surface area contributed by atoms with Crippen LogP contribution in [0.2, 0.25) is 0 Å². The largest absolute Gasteiger partial charge is 0.372 e. The highest BCUT2D eigenvalue weighted by Gasteiger charge is 2.24. The Bertz CT molecular complexity index is 1210. The zero-order chi connectivity index (χ0) is 19.7. The lowest BCUT2D eigenvalue weighted by molar-refractivity contribution is 0.112. The number of aliphatic hydroxyl groups is 1. The van der Waals surface area contributed by atoms with Gasteiger partial charge in [0.2, 0.25) is 0 Å². The molecule has 4 rings (SSSR count). The smallest absolute Gasteiger partial charge is 0.251 e. The van der Waals surface area contributed by atoms with Crippen LogP contribution in [0.4, 0.5) is 0 Å². The van der Waals surface area contributed by atoms with E-state index in [2.05, 4.69) is 32.1 Å². The van der Waals surface area contributed by atoms with Crippen LogP contribution >= 0.6 is 0 Å². The molecule has 0 aliphatic carbocycles. The Kier molecular flexibility index (Phi) is 4.41. The minimum atomic E-state index is -1.41. The summed E-state index contributed by atoms with van der Waals surface area (Å²) in [5.41, 5.74) is 1.50. The van der Waals surface area contributed by atoms with Crippen LogP contribution in [0, 0.1) is 18.8 Å². The van der Waals surface area contributed by atoms with E-state index < -0.39 is 5.60 Å². The Morgan fingerprint density at radius 3 is 2.86 bits per heavy atom. The molecular formula is C21H19N5O2. The summed E-state index contributed by atoms with van der Waals surface area (Å²) in [5.74, 6) is 7.01. The van der Waals surface area contributed by atoms with Crippen molar-refractivity contribution in [3.63, 3.8) is 0 Å². The van der Waals surface area contributed by atoms with Crippen LogP contribution in [-0.4, -0.2) is 30.0 Å². The summed E-state index contributed by atoms with van der Waals surface area (Å²) in [6, 6.07) is 9.28. The van der Waals surface area contributed by atoms with Gasteiger partial charge in [0.25, 0.3) is 5.95 Å². The summed E-state index contributed by atoms with van der Waals surface area (Å²) in [6.45, 7) is 5.40. The molecule has 0 spiro atoms. The number of hydrogen-bond donors (Lipinski definition) is 1. The normalized spacial score (nSPS) is 13.1. The van der Waals surface area contributed by atoms with E-state index in [0.29, 0.717) is 17.4 Å². The molecule has 4 aromatic rings. The van der Waals surface area contributed by atoms with E-state index in [9.17, 15) is 5.11 Å². The van der Waals surface area contributed by atoms with Crippen LogP contribution in [0.3, 0.4) is 0 Å². The predicted octanol–water partition coefficient (Wildman–Crippen LogP) is 2.93. The van der Waals surface area contributed by atoms with Gasteiger partial charge < -0.3 is 9.63 Å². The van der Waals surface area contributed by atoms with Crippen molar-refractivity contribution in [2.24, 2.45) is 0 Å². The quantitative estimate of drug-likeness (QED) is 0.555. The van der Waals surface area contributed by atoms with Crippen molar-refractivity contribution in [2.75, 3.05) is 0 Å². The average Bonchev–Trinajstić information content (AvgIpc) is 3.33. The molecule has 1 unspecified atom stereocenters. The number of rotatable bonds is 3. The van der Waals surface area contributed by atoms with E-state index in [0.717, 1.165) is 28.6 Å². The van der Waals surface area contributed by atoms with Gasteiger partial charge in [-0.15, -0.1) is 0 Å². The molecule has 140 valence electrons. The highest BCUT2D eigenvalue weighted by atomic mass is 16.5. The van der Waals surface area contributed by atoms with E-state index in [-0.39, 0.29) is 0 Å². The molecule has 7 nitrogen and oxygen atoms in total. The second kappa shape index (κ2) is 6.91. The molecular weight excluding hydrogens is 354 g/mol. The first-order valence-corrected chi connectivity index (χ1v) is 8.96. The second-order valence-electron chi connectivity index (χ2n) is 6.68. The Morgan fingerprint density at radius 1 is 1.25 bits per heavy atom. The van der Waals surface area contributed by atoms with Gasteiger partial charge >= 0.3 is 0 Å². The van der Waals surface area contributed by atoms with Gasteiger partial charge in [-0.1, -0.05) is 23.9 Å². The van der Waals surface area contributed by atoms with Crippen molar-refractivity contribution in [2.45, 2.75) is 32.8 Å². The van der Waals surface area contributed by atoms with Gasteiger partial charge in [0.1, 0.15) is 11.5 Å². The van der Waals surface area contributed by atoms with Crippen molar-refractivity contribution in [3.05, 3.63) is 65.4 Å². The Balaban J connectivity index is 1.72. The highest BCUT2D eigenvalue weighted by Crippen LogP contribution is 2.21. The topological polar surface area (TPSA) is 89.9 Å². The fraction of sp³-hybridized carbons (Fsp3) is 0.238. The summed E-state index contributed by atoms with van der Waals surface area (Å²) in [6.07, 6.45) is 4.32. The van der Waals surface area contributed by atoms with E-state index in [1.165, 1.54) is 0 Å². The third-order valence-electron chi connectivity index (χ3n) is 4.40. The molecule has 28 heavy (non-hydrogen) atoms. The molecule has 0 aliphatic heterocycles. The monoisotopic (exact) mass is 373 g/mol. The Morgan fingerprint density at radius 2 is 2.11 bits per heavy atom. The number of benzene rings is 1. The van der Waals surface area contributed by atoms with Gasteiger partial charge in [0.15, 0.2) is 5.60 Å². The number of hydrogen-bond acceptors (Lipinski definition) is 6. The summed E-state index contributed by atoms with van der Waals surface area (Å²) in [7, 11) is 0. The lowest BCUT2D eigenvalue weighted by atomic mass is 10.0. The Hall–Kier alpha value is -3.50. The zero-order valence-electron chi connectivity index (χ0n) is 15.8. The van der Waals surface area contributed by atoms with Gasteiger partial charge in [0, 0.05) is 28.9 Å². The van der Waals surface area contributed by atoms with Crippen molar-refractivity contribution in [3.8, 4) is 17.8 Å². The van der Waals surface area contributed by atoms with E-state index in [1.54, 1.807) is 37.0 Å². The van der Waals surface area contributed by atoms with Crippen LogP contribution in [0.5, 0.6) is 0 Å². The first kappa shape index (κ1) is 17.9. The number of aromatic nitrogens is 5. The van der Waals surface area contributed by atoms with Crippen molar-refractivity contribution >= 4 is 10.9 Å². The Labute approximate surface area is 162 Å². The number of fused-ring (bicyclic) bond motifs is 1. The lowest BCUT2D eigenvalue weighted by Gasteiger charge is -2.11.